The number of hydrogen-bond donors (Lipinski definition) is 2. The van der Waals surface area contributed by atoms with Gasteiger partial charge in [-0.3, -0.25) is 14.5 Å². The Kier molecular flexibility index (Phi) is 8.20. The van der Waals surface area contributed by atoms with E-state index in [-0.39, 0.29) is 24.1 Å². The molecule has 1 aromatic heterocycles. The third kappa shape index (κ3) is 5.97. The van der Waals surface area contributed by atoms with Gasteiger partial charge < -0.3 is 19.7 Å². The number of fused-ring (bicyclic) bond motifs is 1. The molecule has 4 aromatic rings. The first-order valence-electron chi connectivity index (χ1n) is 12.7. The van der Waals surface area contributed by atoms with Crippen molar-refractivity contribution < 1.29 is 14.6 Å². The SMILES string of the molecule is O=C(c1c[nH]c2ccc(CN3CCOCC3)cc2c1=O)N(Cc1ccc(Cl)cc1)c1cccc(CCO)c1. The van der Waals surface area contributed by atoms with Crippen LogP contribution in [0, 0.1) is 0 Å². The van der Waals surface area contributed by atoms with Crippen LogP contribution in [0.2, 0.25) is 5.02 Å². The zero-order valence-electron chi connectivity index (χ0n) is 21.0. The van der Waals surface area contributed by atoms with E-state index in [9.17, 15) is 14.7 Å². The first kappa shape index (κ1) is 26.1. The number of amides is 1. The molecule has 0 atom stereocenters. The average molecular weight is 532 g/mol. The zero-order valence-corrected chi connectivity index (χ0v) is 21.8. The number of benzene rings is 3. The van der Waals surface area contributed by atoms with Gasteiger partial charge >= 0.3 is 0 Å². The monoisotopic (exact) mass is 531 g/mol. The van der Waals surface area contributed by atoms with Gasteiger partial charge in [0.1, 0.15) is 5.56 Å². The second kappa shape index (κ2) is 11.9. The molecule has 7 nitrogen and oxygen atoms in total. The van der Waals surface area contributed by atoms with Gasteiger partial charge in [0, 0.05) is 54.1 Å². The van der Waals surface area contributed by atoms with Crippen molar-refractivity contribution in [2.24, 2.45) is 0 Å². The van der Waals surface area contributed by atoms with Crippen molar-refractivity contribution in [2.75, 3.05) is 37.8 Å². The van der Waals surface area contributed by atoms with Crippen LogP contribution in [-0.4, -0.2) is 53.8 Å². The number of nitrogens with zero attached hydrogens (tertiary/aromatic N) is 2. The molecule has 196 valence electrons. The Labute approximate surface area is 226 Å². The third-order valence-electron chi connectivity index (χ3n) is 6.81. The smallest absolute Gasteiger partial charge is 0.264 e. The van der Waals surface area contributed by atoms with E-state index in [0.29, 0.717) is 41.2 Å². The summed E-state index contributed by atoms with van der Waals surface area (Å²) in [6.45, 7) is 4.09. The minimum Gasteiger partial charge on any atom is -0.396 e. The second-order valence-electron chi connectivity index (χ2n) is 9.46. The predicted octanol–water partition coefficient (Wildman–Crippen LogP) is 4.40. The van der Waals surface area contributed by atoms with Crippen LogP contribution >= 0.6 is 11.6 Å². The minimum atomic E-state index is -0.400. The van der Waals surface area contributed by atoms with Gasteiger partial charge in [-0.15, -0.1) is 0 Å². The van der Waals surface area contributed by atoms with Crippen LogP contribution in [0.3, 0.4) is 0 Å². The lowest BCUT2D eigenvalue weighted by Crippen LogP contribution is -2.35. The molecule has 3 aromatic carbocycles. The number of ether oxygens (including phenoxy) is 1. The maximum Gasteiger partial charge on any atom is 0.264 e. The zero-order chi connectivity index (χ0) is 26.5. The van der Waals surface area contributed by atoms with Gasteiger partial charge in [-0.2, -0.15) is 0 Å². The number of morpholine rings is 1. The van der Waals surface area contributed by atoms with Crippen LogP contribution in [0.4, 0.5) is 5.69 Å². The number of halogens is 1. The Morgan fingerprint density at radius 3 is 2.53 bits per heavy atom. The highest BCUT2D eigenvalue weighted by Crippen LogP contribution is 2.23. The molecule has 1 aliphatic rings. The average Bonchev–Trinajstić information content (AvgIpc) is 2.94. The van der Waals surface area contributed by atoms with Gasteiger partial charge in [-0.1, -0.05) is 41.9 Å². The van der Waals surface area contributed by atoms with E-state index < -0.39 is 5.91 Å². The molecule has 0 bridgehead atoms. The molecule has 1 fully saturated rings. The van der Waals surface area contributed by atoms with Crippen LogP contribution in [0.1, 0.15) is 27.0 Å². The van der Waals surface area contributed by atoms with Crippen LogP contribution in [-0.2, 0) is 24.2 Å². The van der Waals surface area contributed by atoms with Gasteiger partial charge in [-0.25, -0.2) is 0 Å². The largest absolute Gasteiger partial charge is 0.396 e. The summed E-state index contributed by atoms with van der Waals surface area (Å²) < 4.78 is 5.44. The van der Waals surface area contributed by atoms with E-state index in [1.807, 2.05) is 54.6 Å². The number of anilines is 1. The number of H-pyrrole nitrogens is 1. The quantitative estimate of drug-likeness (QED) is 0.352. The summed E-state index contributed by atoms with van der Waals surface area (Å²) in [6, 6.07) is 20.5. The van der Waals surface area contributed by atoms with E-state index in [1.54, 1.807) is 17.0 Å². The van der Waals surface area contributed by atoms with Crippen molar-refractivity contribution >= 4 is 34.1 Å². The minimum absolute atomic E-state index is 0.00567. The number of carbonyl (C=O) groups excluding carboxylic acids is 1. The highest BCUT2D eigenvalue weighted by atomic mass is 35.5. The Morgan fingerprint density at radius 2 is 1.76 bits per heavy atom. The van der Waals surface area contributed by atoms with Crippen molar-refractivity contribution in [1.82, 2.24) is 9.88 Å². The second-order valence-corrected chi connectivity index (χ2v) is 9.90. The normalized spacial score (nSPS) is 14.1. The molecule has 1 aliphatic heterocycles. The molecule has 38 heavy (non-hydrogen) atoms. The number of nitrogens with one attached hydrogen (secondary N) is 1. The first-order valence-corrected chi connectivity index (χ1v) is 13.1. The molecule has 0 unspecified atom stereocenters. The van der Waals surface area contributed by atoms with Crippen LogP contribution in [0.25, 0.3) is 10.9 Å². The number of pyridine rings is 1. The lowest BCUT2D eigenvalue weighted by atomic mass is 10.1. The number of aliphatic hydroxyl groups excluding tert-OH is 1. The summed E-state index contributed by atoms with van der Waals surface area (Å²) in [4.78, 5) is 34.7. The fourth-order valence-electron chi connectivity index (χ4n) is 4.75. The molecule has 0 aliphatic carbocycles. The number of hydrogen-bond acceptors (Lipinski definition) is 5. The van der Waals surface area contributed by atoms with E-state index in [1.165, 1.54) is 6.20 Å². The molecule has 5 rings (SSSR count). The van der Waals surface area contributed by atoms with Crippen molar-refractivity contribution in [1.29, 1.82) is 0 Å². The number of rotatable bonds is 8. The van der Waals surface area contributed by atoms with Crippen LogP contribution < -0.4 is 10.3 Å². The predicted molar refractivity (Wildman–Crippen MR) is 150 cm³/mol. The molecular formula is C30H30ClN3O4. The summed E-state index contributed by atoms with van der Waals surface area (Å²) in [6.07, 6.45) is 1.97. The molecule has 0 spiro atoms. The highest BCUT2D eigenvalue weighted by Gasteiger charge is 2.23. The maximum absolute atomic E-state index is 14.0. The Bertz CT molecular complexity index is 1480. The third-order valence-corrected chi connectivity index (χ3v) is 7.06. The van der Waals surface area contributed by atoms with Crippen molar-refractivity contribution in [3.8, 4) is 0 Å². The lowest BCUT2D eigenvalue weighted by Gasteiger charge is -2.26. The Morgan fingerprint density at radius 1 is 1.00 bits per heavy atom. The topological polar surface area (TPSA) is 85.9 Å². The first-order chi connectivity index (χ1) is 18.5. The molecule has 0 saturated carbocycles. The molecule has 0 radical (unpaired) electrons. The molecule has 8 heteroatoms. The Balaban J connectivity index is 1.51. The molecular weight excluding hydrogens is 502 g/mol. The van der Waals surface area contributed by atoms with Gasteiger partial charge in [-0.05, 0) is 59.5 Å². The van der Waals surface area contributed by atoms with Gasteiger partial charge in [0.15, 0.2) is 0 Å². The summed E-state index contributed by atoms with van der Waals surface area (Å²) in [5, 5.41) is 10.5. The summed E-state index contributed by atoms with van der Waals surface area (Å²) in [5.74, 6) is -0.400. The van der Waals surface area contributed by atoms with E-state index in [2.05, 4.69) is 9.88 Å². The van der Waals surface area contributed by atoms with Gasteiger partial charge in [0.2, 0.25) is 5.43 Å². The van der Waals surface area contributed by atoms with Crippen molar-refractivity contribution in [3.05, 3.63) is 110 Å². The summed E-state index contributed by atoms with van der Waals surface area (Å²) in [7, 11) is 0. The maximum atomic E-state index is 14.0. The number of carbonyl (C=O) groups is 1. The van der Waals surface area contributed by atoms with E-state index in [4.69, 9.17) is 16.3 Å². The van der Waals surface area contributed by atoms with Gasteiger partial charge in [0.25, 0.3) is 5.91 Å². The fraction of sp³-hybridized carbons (Fsp3) is 0.267. The van der Waals surface area contributed by atoms with E-state index in [0.717, 1.165) is 36.3 Å². The number of aromatic amines is 1. The van der Waals surface area contributed by atoms with Gasteiger partial charge in [0.05, 0.1) is 19.8 Å². The Hall–Kier alpha value is -3.49. The van der Waals surface area contributed by atoms with Crippen molar-refractivity contribution in [3.63, 3.8) is 0 Å². The van der Waals surface area contributed by atoms with E-state index >= 15 is 0 Å². The number of aliphatic hydroxyl groups is 1. The highest BCUT2D eigenvalue weighted by molar-refractivity contribution is 6.30. The van der Waals surface area contributed by atoms with Crippen molar-refractivity contribution in [2.45, 2.75) is 19.5 Å². The lowest BCUT2D eigenvalue weighted by molar-refractivity contribution is 0.0342. The van der Waals surface area contributed by atoms with Crippen LogP contribution in [0.15, 0.2) is 77.7 Å². The number of aromatic nitrogens is 1. The molecule has 1 amide bonds. The molecule has 1 saturated heterocycles. The summed E-state index contributed by atoms with van der Waals surface area (Å²) >= 11 is 6.07. The molecule has 2 heterocycles. The fourth-order valence-corrected chi connectivity index (χ4v) is 4.87. The summed E-state index contributed by atoms with van der Waals surface area (Å²) in [5.41, 5.74) is 3.90. The van der Waals surface area contributed by atoms with Crippen LogP contribution in [0.5, 0.6) is 0 Å². The molecule has 2 N–H and O–H groups in total. The standard InChI is InChI=1S/C30H30ClN3O4/c31-24-7-4-22(5-8-24)20-34(25-3-1-2-21(16-25)10-13-35)30(37)27-18-32-28-9-6-23(17-26(28)29(27)36)19-33-11-14-38-15-12-33/h1-9,16-18,35H,10-15,19-20H2,(H,32,36).